The van der Waals surface area contributed by atoms with E-state index in [-0.39, 0.29) is 17.1 Å². The van der Waals surface area contributed by atoms with Crippen LogP contribution < -0.4 is 0 Å². The summed E-state index contributed by atoms with van der Waals surface area (Å²) in [7, 11) is -4.07. The molecule has 0 aliphatic carbocycles. The van der Waals surface area contributed by atoms with Crippen molar-refractivity contribution >= 4 is 22.4 Å². The van der Waals surface area contributed by atoms with Gasteiger partial charge in [-0.05, 0) is 35.8 Å². The Bertz CT molecular complexity index is 1090. The van der Waals surface area contributed by atoms with E-state index in [2.05, 4.69) is 65.0 Å². The summed E-state index contributed by atoms with van der Waals surface area (Å²) in [5.74, 6) is 3.04. The molecule has 0 radical (unpaired) electrons. The van der Waals surface area contributed by atoms with Crippen LogP contribution in [0.4, 0.5) is 0 Å². The number of rotatable bonds is 5. The first-order valence-corrected chi connectivity index (χ1v) is 18.8. The molecular formula is C28H38O5Si2. The van der Waals surface area contributed by atoms with Crippen LogP contribution in [0.1, 0.15) is 26.3 Å². The number of cyclic esters (lactones) is 1. The molecule has 0 amide bonds. The van der Waals surface area contributed by atoms with Crippen molar-refractivity contribution in [2.24, 2.45) is 5.41 Å². The highest BCUT2D eigenvalue weighted by atomic mass is 28.4. The molecule has 7 heteroatoms. The number of carbonyl (C=O) groups excluding carboxylic acids is 1. The summed E-state index contributed by atoms with van der Waals surface area (Å²) in [6, 6.07) is 10.1. The Morgan fingerprint density at radius 3 is 2.31 bits per heavy atom. The van der Waals surface area contributed by atoms with E-state index in [0.717, 1.165) is 5.56 Å². The lowest BCUT2D eigenvalue weighted by atomic mass is 9.70. The van der Waals surface area contributed by atoms with Crippen molar-refractivity contribution in [2.75, 3.05) is 0 Å². The minimum absolute atomic E-state index is 0.0535. The van der Waals surface area contributed by atoms with Gasteiger partial charge >= 0.3 is 5.97 Å². The van der Waals surface area contributed by atoms with E-state index in [9.17, 15) is 4.79 Å². The first kappa shape index (κ1) is 26.1. The molecule has 35 heavy (non-hydrogen) atoms. The molecule has 1 aromatic rings. The minimum atomic E-state index is -2.31. The maximum absolute atomic E-state index is 13.5. The summed E-state index contributed by atoms with van der Waals surface area (Å²) >= 11 is 0. The first-order chi connectivity index (χ1) is 16.2. The maximum Gasteiger partial charge on any atom is 0.328 e. The Morgan fingerprint density at radius 2 is 1.74 bits per heavy atom. The Hall–Kier alpha value is -1.96. The van der Waals surface area contributed by atoms with Gasteiger partial charge in [0.25, 0.3) is 0 Å². The van der Waals surface area contributed by atoms with E-state index < -0.39 is 39.6 Å². The summed E-state index contributed by atoms with van der Waals surface area (Å²) in [6.45, 7) is 17.9. The fraction of sp³-hybridized carbons (Fsp3) is 0.536. The molecule has 1 spiro atoms. The second kappa shape index (κ2) is 8.86. The molecule has 1 fully saturated rings. The fourth-order valence-electron chi connectivity index (χ4n) is 4.48. The van der Waals surface area contributed by atoms with Gasteiger partial charge in [-0.1, -0.05) is 82.7 Å². The van der Waals surface area contributed by atoms with Crippen molar-refractivity contribution in [1.82, 2.24) is 0 Å². The fourth-order valence-corrected chi connectivity index (χ4v) is 6.35. The van der Waals surface area contributed by atoms with Crippen LogP contribution in [0.25, 0.3) is 0 Å². The number of ether oxygens (including phenoxy) is 3. The number of hydrogen-bond donors (Lipinski definition) is 0. The number of fused-ring (bicyclic) bond motifs is 3. The molecule has 5 nitrogen and oxygen atoms in total. The number of benzene rings is 1. The van der Waals surface area contributed by atoms with Gasteiger partial charge in [0.05, 0.1) is 19.0 Å². The van der Waals surface area contributed by atoms with E-state index in [1.54, 1.807) is 0 Å². The Kier molecular flexibility index (Phi) is 6.61. The Balaban J connectivity index is 1.79. The number of carbonyl (C=O) groups is 1. The predicted molar refractivity (Wildman–Crippen MR) is 143 cm³/mol. The molecule has 0 N–H and O–H groups in total. The van der Waals surface area contributed by atoms with Gasteiger partial charge in [-0.15, -0.1) is 5.54 Å². The summed E-state index contributed by atoms with van der Waals surface area (Å²) in [5.41, 5.74) is 2.20. The lowest BCUT2D eigenvalue weighted by Gasteiger charge is -2.43. The third-order valence-corrected chi connectivity index (χ3v) is 12.8. The van der Waals surface area contributed by atoms with Crippen molar-refractivity contribution in [1.29, 1.82) is 0 Å². The molecule has 1 aromatic carbocycles. The second-order valence-corrected chi connectivity index (χ2v) is 21.8. The van der Waals surface area contributed by atoms with E-state index >= 15 is 0 Å². The number of hydrogen-bond acceptors (Lipinski definition) is 5. The van der Waals surface area contributed by atoms with Gasteiger partial charge in [0.15, 0.2) is 19.3 Å². The van der Waals surface area contributed by atoms with E-state index in [1.807, 2.05) is 48.6 Å². The zero-order valence-electron chi connectivity index (χ0n) is 22.2. The first-order valence-electron chi connectivity index (χ1n) is 12.3. The molecule has 4 rings (SSSR count). The van der Waals surface area contributed by atoms with Crippen molar-refractivity contribution < 1.29 is 23.4 Å². The van der Waals surface area contributed by atoms with Gasteiger partial charge in [0.2, 0.25) is 0 Å². The van der Waals surface area contributed by atoms with E-state index in [0.29, 0.717) is 6.61 Å². The molecule has 188 valence electrons. The molecule has 0 saturated carbocycles. The lowest BCUT2D eigenvalue weighted by Crippen LogP contribution is -2.56. The smallest absolute Gasteiger partial charge is 0.328 e. The van der Waals surface area contributed by atoms with Crippen LogP contribution in [0, 0.1) is 16.9 Å². The third kappa shape index (κ3) is 4.63. The van der Waals surface area contributed by atoms with Gasteiger partial charge < -0.3 is 18.6 Å². The van der Waals surface area contributed by atoms with Crippen molar-refractivity contribution in [3.8, 4) is 11.5 Å². The highest BCUT2D eigenvalue weighted by Gasteiger charge is 2.73. The van der Waals surface area contributed by atoms with Crippen LogP contribution in [0.5, 0.6) is 0 Å². The molecule has 3 unspecified atom stereocenters. The van der Waals surface area contributed by atoms with Crippen LogP contribution in [0.2, 0.25) is 37.8 Å². The lowest BCUT2D eigenvalue weighted by molar-refractivity contribution is -0.150. The standard InChI is InChI=1S/C28H38O5Si2/c1-26(2,3)35(7,8)33-24-23-22(31-20-21-12-10-9-11-13-21)14-15-27(32-23,17-19-34(4,5)6)28(24)16-18-30-25(28)29/h9-16,18,22-24H,20H2,1-8H3/t22?,23?,24-,27?,28-/m1/s1. The third-order valence-electron chi connectivity index (χ3n) is 7.51. The molecule has 3 heterocycles. The topological polar surface area (TPSA) is 54.0 Å². The minimum Gasteiger partial charge on any atom is -0.434 e. The van der Waals surface area contributed by atoms with Gasteiger partial charge in [-0.2, -0.15) is 0 Å². The maximum atomic E-state index is 13.5. The zero-order chi connectivity index (χ0) is 25.7. The molecule has 0 aromatic heterocycles. The second-order valence-electron chi connectivity index (χ2n) is 12.3. The van der Waals surface area contributed by atoms with E-state index in [4.69, 9.17) is 18.6 Å². The highest BCUT2D eigenvalue weighted by molar-refractivity contribution is 6.83. The van der Waals surface area contributed by atoms with Gasteiger partial charge in [0.1, 0.15) is 20.3 Å². The Labute approximate surface area is 212 Å². The molecular weight excluding hydrogens is 472 g/mol. The van der Waals surface area contributed by atoms with Crippen molar-refractivity contribution in [3.05, 3.63) is 60.4 Å². The monoisotopic (exact) mass is 510 g/mol. The van der Waals surface area contributed by atoms with Crippen LogP contribution in [0.15, 0.2) is 54.8 Å². The molecule has 3 aliphatic rings. The quantitative estimate of drug-likeness (QED) is 0.223. The number of esters is 1. The summed E-state index contributed by atoms with van der Waals surface area (Å²) in [6.07, 6.45) is 5.75. The van der Waals surface area contributed by atoms with Crippen molar-refractivity contribution in [2.45, 2.75) is 89.1 Å². The normalized spacial score (nSPS) is 32.0. The average Bonchev–Trinajstić information content (AvgIpc) is 3.25. The summed E-state index contributed by atoms with van der Waals surface area (Å²) < 4.78 is 25.6. The van der Waals surface area contributed by atoms with Crippen LogP contribution >= 0.6 is 0 Å². The van der Waals surface area contributed by atoms with Crippen LogP contribution in [-0.4, -0.2) is 46.3 Å². The van der Waals surface area contributed by atoms with Crippen molar-refractivity contribution in [3.63, 3.8) is 0 Å². The largest absolute Gasteiger partial charge is 0.434 e. The van der Waals surface area contributed by atoms with Gasteiger partial charge in [-0.25, -0.2) is 0 Å². The molecule has 2 bridgehead atoms. The Morgan fingerprint density at radius 1 is 1.06 bits per heavy atom. The molecule has 3 aliphatic heterocycles. The van der Waals surface area contributed by atoms with E-state index in [1.165, 1.54) is 6.26 Å². The predicted octanol–water partition coefficient (Wildman–Crippen LogP) is 5.61. The van der Waals surface area contributed by atoms with Crippen LogP contribution in [0.3, 0.4) is 0 Å². The molecule has 5 atom stereocenters. The summed E-state index contributed by atoms with van der Waals surface area (Å²) in [5, 5.41) is -0.0535. The van der Waals surface area contributed by atoms with Gasteiger partial charge in [0, 0.05) is 0 Å². The highest BCUT2D eigenvalue weighted by Crippen LogP contribution is 2.57. The zero-order valence-corrected chi connectivity index (χ0v) is 24.2. The van der Waals surface area contributed by atoms with Gasteiger partial charge in [-0.3, -0.25) is 4.79 Å². The summed E-state index contributed by atoms with van der Waals surface area (Å²) in [4.78, 5) is 13.5. The van der Waals surface area contributed by atoms with Crippen LogP contribution in [-0.2, 0) is 30.0 Å². The average molecular weight is 511 g/mol. The SMILES string of the molecule is CC(C)(C)[Si](C)(C)O[C@@H]1C2OC(C#C[Si](C)(C)C)(C=CC2OCc2ccccc2)[C@]12C=COC2=O. The molecule has 1 saturated heterocycles.